The van der Waals surface area contributed by atoms with E-state index in [-0.39, 0.29) is 19.3 Å². The van der Waals surface area contributed by atoms with Gasteiger partial charge in [-0.25, -0.2) is 4.57 Å². The molecule has 7 nitrogen and oxygen atoms in total. The van der Waals surface area contributed by atoms with Crippen molar-refractivity contribution in [3.63, 3.8) is 0 Å². The fourth-order valence-electron chi connectivity index (χ4n) is 4.09. The summed E-state index contributed by atoms with van der Waals surface area (Å²) in [5, 5.41) is 0. The lowest BCUT2D eigenvalue weighted by atomic mass is 10.0. The second kappa shape index (κ2) is 26.3. The van der Waals surface area contributed by atoms with Gasteiger partial charge in [0, 0.05) is 5.75 Å². The van der Waals surface area contributed by atoms with Crippen LogP contribution in [0.2, 0.25) is 0 Å². The lowest BCUT2D eigenvalue weighted by molar-refractivity contribution is -0.870. The Labute approximate surface area is 249 Å². The van der Waals surface area contributed by atoms with E-state index in [1.54, 1.807) is 18.0 Å². The van der Waals surface area contributed by atoms with Crippen LogP contribution in [-0.4, -0.2) is 91.1 Å². The van der Waals surface area contributed by atoms with Gasteiger partial charge in [0.15, 0.2) is 0 Å². The number of thioether (sulfide) groups is 1. The van der Waals surface area contributed by atoms with Gasteiger partial charge in [-0.05, 0) is 12.2 Å². The van der Waals surface area contributed by atoms with Crippen molar-refractivity contribution in [1.82, 2.24) is 0 Å². The standard InChI is InChI=1S/C29H62NO6PS2/c1-6-7-8-9-10-11-12-13-14-15-16-17-18-19-20-21-25-38-28-29(34-24-26-39(5)33)27-36-37(31,32)35-23-22-30(2,3)4/h29H,6-28H2,1-5H3/p+1. The van der Waals surface area contributed by atoms with E-state index >= 15 is 0 Å². The smallest absolute Gasteiger partial charge is 0.472 e. The van der Waals surface area contributed by atoms with Gasteiger partial charge in [-0.15, -0.1) is 0 Å². The van der Waals surface area contributed by atoms with Crippen molar-refractivity contribution >= 4 is 30.8 Å². The van der Waals surface area contributed by atoms with Gasteiger partial charge in [0.2, 0.25) is 0 Å². The number of ether oxygens (including phenoxy) is 1. The van der Waals surface area contributed by atoms with E-state index < -0.39 is 19.0 Å². The number of quaternary nitrogens is 1. The Morgan fingerprint density at radius 2 is 1.31 bits per heavy atom. The molecule has 0 saturated carbocycles. The Morgan fingerprint density at radius 3 is 1.77 bits per heavy atom. The average molecular weight is 617 g/mol. The molecule has 0 aromatic rings. The number of phosphoric acid groups is 1. The predicted octanol–water partition coefficient (Wildman–Crippen LogP) is 7.58. The van der Waals surface area contributed by atoms with Crippen LogP contribution in [0, 0.1) is 0 Å². The quantitative estimate of drug-likeness (QED) is 0.0385. The summed E-state index contributed by atoms with van der Waals surface area (Å²) >= 11 is 0.845. The number of likely N-dealkylation sites (N-methyl/N-ethyl adjacent to an activating group) is 1. The Morgan fingerprint density at radius 1 is 0.821 bits per heavy atom. The molecule has 0 aromatic carbocycles. The van der Waals surface area contributed by atoms with Crippen molar-refractivity contribution in [2.24, 2.45) is 0 Å². The van der Waals surface area contributed by atoms with Crippen LogP contribution in [0.15, 0.2) is 0 Å². The maximum absolute atomic E-state index is 12.2. The molecule has 39 heavy (non-hydrogen) atoms. The molecule has 1 N–H and O–H groups in total. The number of hydrogen-bond donors (Lipinski definition) is 1. The van der Waals surface area contributed by atoms with Gasteiger partial charge in [-0.1, -0.05) is 114 Å². The Balaban J connectivity index is 3.84. The summed E-state index contributed by atoms with van der Waals surface area (Å²) in [5.74, 6) is 2.15. The molecule has 0 aliphatic rings. The molecule has 0 bridgehead atoms. The van der Waals surface area contributed by atoms with E-state index in [0.717, 1.165) is 5.75 Å². The van der Waals surface area contributed by atoms with Gasteiger partial charge in [0.05, 0.1) is 46.7 Å². The molecule has 3 unspecified atom stereocenters. The van der Waals surface area contributed by atoms with Crippen molar-refractivity contribution in [2.45, 2.75) is 116 Å². The second-order valence-electron chi connectivity index (χ2n) is 11.8. The van der Waals surface area contributed by atoms with Crippen molar-refractivity contribution in [1.29, 1.82) is 0 Å². The molecular weight excluding hydrogens is 553 g/mol. The molecule has 0 radical (unpaired) electrons. The van der Waals surface area contributed by atoms with Crippen molar-refractivity contribution in [3.05, 3.63) is 0 Å². The third-order valence-corrected chi connectivity index (χ3v) is 9.52. The highest BCUT2D eigenvalue weighted by Gasteiger charge is 2.25. The third kappa shape index (κ3) is 31.5. The molecule has 0 rings (SSSR count). The molecule has 10 heteroatoms. The minimum Gasteiger partial charge on any atom is -0.616 e. The number of rotatable bonds is 30. The molecule has 0 spiro atoms. The largest absolute Gasteiger partial charge is 0.616 e. The first-order chi connectivity index (χ1) is 18.6. The van der Waals surface area contributed by atoms with Gasteiger partial charge in [-0.2, -0.15) is 11.8 Å². The summed E-state index contributed by atoms with van der Waals surface area (Å²) in [6.07, 6.45) is 23.1. The van der Waals surface area contributed by atoms with E-state index in [9.17, 15) is 14.0 Å². The molecule has 0 heterocycles. The molecule has 0 aromatic heterocycles. The molecule has 0 aliphatic carbocycles. The summed E-state index contributed by atoms with van der Waals surface area (Å²) in [6.45, 7) is 3.35. The van der Waals surface area contributed by atoms with Crippen molar-refractivity contribution < 1.29 is 32.3 Å². The van der Waals surface area contributed by atoms with Gasteiger partial charge >= 0.3 is 7.82 Å². The highest BCUT2D eigenvalue weighted by atomic mass is 32.2. The van der Waals surface area contributed by atoms with E-state index in [1.165, 1.54) is 103 Å². The minimum atomic E-state index is -4.12. The monoisotopic (exact) mass is 616 g/mol. The fourth-order valence-corrected chi connectivity index (χ4v) is 6.19. The summed E-state index contributed by atoms with van der Waals surface area (Å²) in [7, 11) is 1.85. The van der Waals surface area contributed by atoms with E-state index in [1.807, 2.05) is 21.1 Å². The summed E-state index contributed by atoms with van der Waals surface area (Å²) in [4.78, 5) is 9.99. The minimum absolute atomic E-state index is 0.0134. The van der Waals surface area contributed by atoms with E-state index in [0.29, 0.717) is 29.1 Å². The van der Waals surface area contributed by atoms with Crippen LogP contribution in [0.4, 0.5) is 0 Å². The number of unbranched alkanes of at least 4 members (excludes halogenated alkanes) is 15. The zero-order chi connectivity index (χ0) is 29.2. The van der Waals surface area contributed by atoms with E-state index in [4.69, 9.17) is 13.8 Å². The predicted molar refractivity (Wildman–Crippen MR) is 170 cm³/mol. The summed E-state index contributed by atoms with van der Waals surface area (Å²) in [5.41, 5.74) is 0. The maximum Gasteiger partial charge on any atom is 0.472 e. The zero-order valence-corrected chi connectivity index (χ0v) is 28.6. The first-order valence-corrected chi connectivity index (χ1v) is 19.8. The molecule has 0 saturated heterocycles. The topological polar surface area (TPSA) is 88.1 Å². The first-order valence-electron chi connectivity index (χ1n) is 15.5. The second-order valence-corrected chi connectivity index (χ2v) is 15.9. The maximum atomic E-state index is 12.2. The van der Waals surface area contributed by atoms with Crippen LogP contribution >= 0.6 is 19.6 Å². The normalized spacial score (nSPS) is 15.4. The zero-order valence-electron chi connectivity index (χ0n) is 26.0. The van der Waals surface area contributed by atoms with Crippen LogP contribution < -0.4 is 0 Å². The highest BCUT2D eigenvalue weighted by molar-refractivity contribution is 7.99. The highest BCUT2D eigenvalue weighted by Crippen LogP contribution is 2.43. The third-order valence-electron chi connectivity index (χ3n) is 6.61. The average Bonchev–Trinajstić information content (AvgIpc) is 2.85. The van der Waals surface area contributed by atoms with E-state index in [2.05, 4.69) is 6.92 Å². The number of hydrogen-bond acceptors (Lipinski definition) is 6. The Kier molecular flexibility index (Phi) is 26.8. The van der Waals surface area contributed by atoms with Crippen LogP contribution in [0.3, 0.4) is 0 Å². The van der Waals surface area contributed by atoms with Gasteiger partial charge < -0.3 is 18.7 Å². The first kappa shape index (κ1) is 39.7. The lowest BCUT2D eigenvalue weighted by Crippen LogP contribution is -2.37. The molecule has 0 fully saturated rings. The number of phosphoric ester groups is 1. The number of nitrogens with zero attached hydrogens (tertiary/aromatic N) is 1. The SMILES string of the molecule is CCCCCCCCCCCCCCCCCCSCC(COP(=O)(O)OCC[N+](C)(C)C)OCC[S+](C)[O-]. The van der Waals surface area contributed by atoms with Gasteiger partial charge in [0.25, 0.3) is 0 Å². The summed E-state index contributed by atoms with van der Waals surface area (Å²) in [6, 6.07) is 0. The summed E-state index contributed by atoms with van der Waals surface area (Å²) < 4.78 is 40.4. The van der Waals surface area contributed by atoms with Crippen LogP contribution in [-0.2, 0) is 29.5 Å². The van der Waals surface area contributed by atoms with Gasteiger partial charge in [0.1, 0.15) is 18.9 Å². The molecular formula is C29H63NO6PS2+. The van der Waals surface area contributed by atoms with Crippen LogP contribution in [0.1, 0.15) is 110 Å². The molecule has 0 amide bonds. The van der Waals surface area contributed by atoms with Crippen molar-refractivity contribution in [3.8, 4) is 0 Å². The lowest BCUT2D eigenvalue weighted by Gasteiger charge is -2.24. The Hall–Kier alpha value is 0.690. The molecule has 3 atom stereocenters. The molecule has 0 aliphatic heterocycles. The van der Waals surface area contributed by atoms with Gasteiger partial charge in [-0.3, -0.25) is 9.05 Å². The molecule has 236 valence electrons. The van der Waals surface area contributed by atoms with Crippen molar-refractivity contribution in [2.75, 3.05) is 71.0 Å². The van der Waals surface area contributed by atoms with Crippen LogP contribution in [0.5, 0.6) is 0 Å². The Bertz CT molecular complexity index is 580. The fraction of sp³-hybridized carbons (Fsp3) is 1.00. The van der Waals surface area contributed by atoms with Crippen LogP contribution in [0.25, 0.3) is 0 Å².